The molecule has 0 amide bonds. The molecular weight excluding hydrogens is 238 g/mol. The Morgan fingerprint density at radius 2 is 2.24 bits per heavy atom. The summed E-state index contributed by atoms with van der Waals surface area (Å²) in [5.74, 6) is 2.77. The molecule has 92 valence electrons. The first-order valence-electron chi connectivity index (χ1n) is 5.43. The van der Waals surface area contributed by atoms with Gasteiger partial charge in [0.15, 0.2) is 0 Å². The Hall–Kier alpha value is -1.47. The molecule has 1 N–H and O–H groups in total. The molecular formula is C12H16ClN3O. The van der Waals surface area contributed by atoms with E-state index in [0.717, 1.165) is 0 Å². The Bertz CT molecular complexity index is 488. The number of nitrogens with zero attached hydrogens (tertiary/aromatic N) is 2. The minimum absolute atomic E-state index is 0.140. The molecule has 0 radical (unpaired) electrons. The highest BCUT2D eigenvalue weighted by atomic mass is 35.5. The molecule has 0 saturated carbocycles. The average molecular weight is 254 g/mol. The normalized spacial score (nSPS) is 12.2. The maximum Gasteiger partial charge on any atom is 0.292 e. The van der Waals surface area contributed by atoms with Crippen LogP contribution in [0.3, 0.4) is 0 Å². The van der Waals surface area contributed by atoms with Gasteiger partial charge >= 0.3 is 0 Å². The lowest BCUT2D eigenvalue weighted by Gasteiger charge is -2.19. The van der Waals surface area contributed by atoms with Crippen LogP contribution in [0.5, 0.6) is 0 Å². The fraction of sp³-hybridized carbons (Fsp3) is 0.500. The summed E-state index contributed by atoms with van der Waals surface area (Å²) in [5.41, 5.74) is 0.0704. The standard InChI is InChI=1S/C12H16ClN3O/c1-5-6-16-12(17)11(10(13)7-14-16)15-9(4)8(2)3/h1,7-9,15H,6H2,2-4H3. The first-order chi connectivity index (χ1) is 7.97. The third-order valence-corrected chi connectivity index (χ3v) is 2.90. The number of rotatable bonds is 4. The average Bonchev–Trinajstić information content (AvgIpc) is 2.28. The molecule has 0 aromatic carbocycles. The van der Waals surface area contributed by atoms with E-state index in [1.807, 2.05) is 6.92 Å². The van der Waals surface area contributed by atoms with E-state index < -0.39 is 0 Å². The van der Waals surface area contributed by atoms with Gasteiger partial charge in [-0.25, -0.2) is 4.68 Å². The minimum atomic E-state index is -0.289. The van der Waals surface area contributed by atoms with Crippen LogP contribution in [0.15, 0.2) is 11.0 Å². The van der Waals surface area contributed by atoms with E-state index in [9.17, 15) is 4.79 Å². The van der Waals surface area contributed by atoms with Gasteiger partial charge in [0.25, 0.3) is 5.56 Å². The highest BCUT2D eigenvalue weighted by Gasteiger charge is 2.14. The summed E-state index contributed by atoms with van der Waals surface area (Å²) in [6, 6.07) is 0.141. The van der Waals surface area contributed by atoms with Crippen molar-refractivity contribution in [2.24, 2.45) is 5.92 Å². The Morgan fingerprint density at radius 3 is 2.76 bits per heavy atom. The van der Waals surface area contributed by atoms with Crippen molar-refractivity contribution in [2.75, 3.05) is 5.32 Å². The fourth-order valence-corrected chi connectivity index (χ4v) is 1.37. The zero-order chi connectivity index (χ0) is 13.0. The van der Waals surface area contributed by atoms with E-state index in [0.29, 0.717) is 16.6 Å². The van der Waals surface area contributed by atoms with Crippen molar-refractivity contribution in [2.45, 2.75) is 33.4 Å². The summed E-state index contributed by atoms with van der Waals surface area (Å²) in [7, 11) is 0. The highest BCUT2D eigenvalue weighted by molar-refractivity contribution is 6.33. The van der Waals surface area contributed by atoms with Gasteiger partial charge in [0, 0.05) is 6.04 Å². The van der Waals surface area contributed by atoms with Gasteiger partial charge in [-0.3, -0.25) is 4.79 Å². The Morgan fingerprint density at radius 1 is 1.59 bits per heavy atom. The zero-order valence-electron chi connectivity index (χ0n) is 10.2. The Kier molecular flexibility index (Phi) is 4.59. The van der Waals surface area contributed by atoms with Crippen LogP contribution in [0.4, 0.5) is 5.69 Å². The third kappa shape index (κ3) is 3.24. The van der Waals surface area contributed by atoms with Crippen molar-refractivity contribution < 1.29 is 0 Å². The summed E-state index contributed by atoms with van der Waals surface area (Å²) in [5, 5.41) is 7.29. The third-order valence-electron chi connectivity index (χ3n) is 2.61. The summed E-state index contributed by atoms with van der Waals surface area (Å²) < 4.78 is 1.21. The van der Waals surface area contributed by atoms with Crippen molar-refractivity contribution in [3.8, 4) is 12.3 Å². The van der Waals surface area contributed by atoms with Gasteiger partial charge in [-0.05, 0) is 12.8 Å². The smallest absolute Gasteiger partial charge is 0.292 e. The van der Waals surface area contributed by atoms with E-state index in [-0.39, 0.29) is 18.1 Å². The molecule has 1 atom stereocenters. The number of anilines is 1. The maximum atomic E-state index is 12.0. The summed E-state index contributed by atoms with van der Waals surface area (Å²) in [6.45, 7) is 6.26. The predicted octanol–water partition coefficient (Wildman–Crippen LogP) is 1.99. The van der Waals surface area contributed by atoms with E-state index in [1.165, 1.54) is 10.9 Å². The molecule has 0 bridgehead atoms. The molecule has 0 aliphatic carbocycles. The van der Waals surface area contributed by atoms with Gasteiger partial charge in [0.05, 0.1) is 11.2 Å². The molecule has 1 aromatic heterocycles. The predicted molar refractivity (Wildman–Crippen MR) is 70.3 cm³/mol. The zero-order valence-corrected chi connectivity index (χ0v) is 11.0. The molecule has 1 unspecified atom stereocenters. The van der Waals surface area contributed by atoms with Gasteiger partial charge < -0.3 is 5.32 Å². The van der Waals surface area contributed by atoms with Gasteiger partial charge in [-0.2, -0.15) is 5.10 Å². The van der Waals surface area contributed by atoms with Crippen LogP contribution < -0.4 is 10.9 Å². The van der Waals surface area contributed by atoms with Crippen LogP contribution in [-0.4, -0.2) is 15.8 Å². The number of nitrogens with one attached hydrogen (secondary N) is 1. The van der Waals surface area contributed by atoms with Crippen LogP contribution in [0.1, 0.15) is 20.8 Å². The molecule has 0 fully saturated rings. The molecule has 0 aliphatic heterocycles. The molecule has 0 aliphatic rings. The lowest BCUT2D eigenvalue weighted by atomic mass is 10.1. The van der Waals surface area contributed by atoms with Gasteiger partial charge in [0.1, 0.15) is 12.2 Å². The SMILES string of the molecule is C#CCn1ncc(Cl)c(NC(C)C(C)C)c1=O. The maximum absolute atomic E-state index is 12.0. The first-order valence-corrected chi connectivity index (χ1v) is 5.80. The second-order valence-electron chi connectivity index (χ2n) is 4.21. The number of hydrogen-bond acceptors (Lipinski definition) is 3. The topological polar surface area (TPSA) is 46.9 Å². The van der Waals surface area contributed by atoms with Crippen LogP contribution in [0, 0.1) is 18.3 Å². The number of aromatic nitrogens is 2. The number of halogens is 1. The molecule has 17 heavy (non-hydrogen) atoms. The van der Waals surface area contributed by atoms with E-state index in [1.54, 1.807) is 0 Å². The van der Waals surface area contributed by atoms with E-state index in [2.05, 4.69) is 30.2 Å². The van der Waals surface area contributed by atoms with Gasteiger partial charge in [-0.15, -0.1) is 6.42 Å². The summed E-state index contributed by atoms with van der Waals surface area (Å²) in [4.78, 5) is 12.0. The fourth-order valence-electron chi connectivity index (χ4n) is 1.19. The van der Waals surface area contributed by atoms with Crippen molar-refractivity contribution >= 4 is 17.3 Å². The summed E-state index contributed by atoms with van der Waals surface area (Å²) in [6.07, 6.45) is 6.59. The minimum Gasteiger partial charge on any atom is -0.377 e. The van der Waals surface area contributed by atoms with E-state index >= 15 is 0 Å². The van der Waals surface area contributed by atoms with Crippen molar-refractivity contribution in [1.29, 1.82) is 0 Å². The van der Waals surface area contributed by atoms with Crippen molar-refractivity contribution in [3.05, 3.63) is 21.6 Å². The lowest BCUT2D eigenvalue weighted by Crippen LogP contribution is -2.30. The van der Waals surface area contributed by atoms with E-state index in [4.69, 9.17) is 18.0 Å². The molecule has 0 saturated heterocycles. The molecule has 1 heterocycles. The first kappa shape index (κ1) is 13.6. The molecule has 0 spiro atoms. The molecule has 1 rings (SSSR count). The van der Waals surface area contributed by atoms with Gasteiger partial charge in [0.2, 0.25) is 0 Å². The van der Waals surface area contributed by atoms with Crippen LogP contribution in [-0.2, 0) is 6.54 Å². The molecule has 4 nitrogen and oxygen atoms in total. The van der Waals surface area contributed by atoms with Crippen LogP contribution >= 0.6 is 11.6 Å². The van der Waals surface area contributed by atoms with Crippen LogP contribution in [0.25, 0.3) is 0 Å². The molecule has 1 aromatic rings. The highest BCUT2D eigenvalue weighted by Crippen LogP contribution is 2.17. The quantitative estimate of drug-likeness (QED) is 0.835. The largest absolute Gasteiger partial charge is 0.377 e. The second-order valence-corrected chi connectivity index (χ2v) is 4.62. The summed E-state index contributed by atoms with van der Waals surface area (Å²) >= 11 is 5.96. The Labute approximate surface area is 106 Å². The van der Waals surface area contributed by atoms with Crippen LogP contribution in [0.2, 0.25) is 5.02 Å². The number of terminal acetylenes is 1. The second kappa shape index (κ2) is 5.74. The van der Waals surface area contributed by atoms with Crippen molar-refractivity contribution in [3.63, 3.8) is 0 Å². The Balaban J connectivity index is 3.11. The van der Waals surface area contributed by atoms with Crippen molar-refractivity contribution in [1.82, 2.24) is 9.78 Å². The monoisotopic (exact) mass is 253 g/mol. The van der Waals surface area contributed by atoms with Gasteiger partial charge in [-0.1, -0.05) is 31.4 Å². The lowest BCUT2D eigenvalue weighted by molar-refractivity contribution is 0.557. The molecule has 5 heteroatoms. The number of hydrogen-bond donors (Lipinski definition) is 1.